The summed E-state index contributed by atoms with van der Waals surface area (Å²) in [5.74, 6) is 5.12. The van der Waals surface area contributed by atoms with E-state index in [1.54, 1.807) is 0 Å². The third-order valence-electron chi connectivity index (χ3n) is 4.50. The summed E-state index contributed by atoms with van der Waals surface area (Å²) in [6.45, 7) is -0.118. The molecule has 4 aromatic rings. The Labute approximate surface area is 190 Å². The van der Waals surface area contributed by atoms with E-state index in [1.165, 1.54) is 60.1 Å². The van der Waals surface area contributed by atoms with Gasteiger partial charge < -0.3 is 11.1 Å². The van der Waals surface area contributed by atoms with E-state index < -0.39 is 17.6 Å². The van der Waals surface area contributed by atoms with Gasteiger partial charge in [0.05, 0.1) is 29.4 Å². The third-order valence-corrected chi connectivity index (χ3v) is 4.50. The SMILES string of the molecule is Nc1ncc(C#Cc2cncc(C(=O)Nc3ccc(Cn4ccnn4)c(C(F)(F)F)c3)c2)cn1. The summed E-state index contributed by atoms with van der Waals surface area (Å²) < 4.78 is 42.1. The number of nitrogens with two attached hydrogens (primary N) is 1. The van der Waals surface area contributed by atoms with E-state index in [1.807, 2.05) is 0 Å². The molecule has 3 N–H and O–H groups in total. The van der Waals surface area contributed by atoms with Crippen molar-refractivity contribution >= 4 is 17.5 Å². The first kappa shape index (κ1) is 22.4. The fourth-order valence-corrected chi connectivity index (χ4v) is 2.93. The Balaban J connectivity index is 1.53. The molecule has 0 spiro atoms. The van der Waals surface area contributed by atoms with Gasteiger partial charge in [0, 0.05) is 42.2 Å². The molecule has 4 rings (SSSR count). The lowest BCUT2D eigenvalue weighted by molar-refractivity contribution is -0.138. The van der Waals surface area contributed by atoms with Gasteiger partial charge in [0.25, 0.3) is 5.91 Å². The van der Waals surface area contributed by atoms with E-state index in [0.717, 1.165) is 6.07 Å². The van der Waals surface area contributed by atoms with E-state index in [9.17, 15) is 18.0 Å². The fourth-order valence-electron chi connectivity index (χ4n) is 2.93. The molecule has 12 heteroatoms. The van der Waals surface area contributed by atoms with Gasteiger partial charge >= 0.3 is 6.18 Å². The minimum Gasteiger partial charge on any atom is -0.368 e. The molecular formula is C22H15F3N8O. The number of aromatic nitrogens is 6. The number of alkyl halides is 3. The molecule has 0 aliphatic rings. The third kappa shape index (κ3) is 5.52. The molecular weight excluding hydrogens is 449 g/mol. The van der Waals surface area contributed by atoms with Crippen molar-refractivity contribution in [3.8, 4) is 11.8 Å². The topological polar surface area (TPSA) is 125 Å². The van der Waals surface area contributed by atoms with Crippen LogP contribution in [0.4, 0.5) is 24.8 Å². The van der Waals surface area contributed by atoms with Crippen LogP contribution in [0, 0.1) is 11.8 Å². The van der Waals surface area contributed by atoms with Crippen molar-refractivity contribution in [2.75, 3.05) is 11.1 Å². The standard InChI is InChI=1S/C22H15F3N8O/c23-22(24,25)19-8-18(4-3-16(19)13-33-6-5-30-32-33)31-20(34)17-7-14(9-27-12-17)1-2-15-10-28-21(26)29-11-15/h3-12H,13H2,(H,31,34)(H2,26,28,29). The van der Waals surface area contributed by atoms with Crippen molar-refractivity contribution in [2.24, 2.45) is 0 Å². The highest BCUT2D eigenvalue weighted by Crippen LogP contribution is 2.34. The Bertz CT molecular complexity index is 1370. The second-order valence-corrected chi connectivity index (χ2v) is 6.97. The quantitative estimate of drug-likeness (QED) is 0.445. The molecule has 1 amide bonds. The van der Waals surface area contributed by atoms with Gasteiger partial charge in [0.2, 0.25) is 5.95 Å². The van der Waals surface area contributed by atoms with Crippen LogP contribution in [0.3, 0.4) is 0 Å². The Morgan fingerprint density at radius 1 is 1.06 bits per heavy atom. The van der Waals surface area contributed by atoms with Crippen LogP contribution < -0.4 is 11.1 Å². The van der Waals surface area contributed by atoms with Crippen molar-refractivity contribution in [1.29, 1.82) is 0 Å². The molecule has 0 aliphatic carbocycles. The smallest absolute Gasteiger partial charge is 0.368 e. The molecule has 1 aromatic carbocycles. The number of carbonyl (C=O) groups is 1. The first-order valence-corrected chi connectivity index (χ1v) is 9.68. The van der Waals surface area contributed by atoms with Gasteiger partial charge in [-0.1, -0.05) is 23.1 Å². The first-order chi connectivity index (χ1) is 16.3. The monoisotopic (exact) mass is 464 g/mol. The van der Waals surface area contributed by atoms with Crippen molar-refractivity contribution in [3.63, 3.8) is 0 Å². The Morgan fingerprint density at radius 3 is 2.53 bits per heavy atom. The molecule has 0 radical (unpaired) electrons. The Morgan fingerprint density at radius 2 is 1.82 bits per heavy atom. The first-order valence-electron chi connectivity index (χ1n) is 9.68. The summed E-state index contributed by atoms with van der Waals surface area (Å²) in [7, 11) is 0. The molecule has 3 aromatic heterocycles. The second-order valence-electron chi connectivity index (χ2n) is 6.97. The zero-order valence-electron chi connectivity index (χ0n) is 17.3. The number of hydrogen-bond acceptors (Lipinski definition) is 7. The average Bonchev–Trinajstić information content (AvgIpc) is 3.32. The fraction of sp³-hybridized carbons (Fsp3) is 0.0909. The van der Waals surface area contributed by atoms with E-state index in [2.05, 4.69) is 42.4 Å². The van der Waals surface area contributed by atoms with Crippen LogP contribution in [-0.2, 0) is 12.7 Å². The highest BCUT2D eigenvalue weighted by molar-refractivity contribution is 6.04. The van der Waals surface area contributed by atoms with Crippen LogP contribution in [0.15, 0.2) is 61.4 Å². The number of pyridine rings is 1. The Hall–Kier alpha value is -4.79. The van der Waals surface area contributed by atoms with Crippen LogP contribution in [0.5, 0.6) is 0 Å². The summed E-state index contributed by atoms with van der Waals surface area (Å²) in [5, 5.41) is 9.75. The summed E-state index contributed by atoms with van der Waals surface area (Å²) >= 11 is 0. The van der Waals surface area contributed by atoms with Gasteiger partial charge in [0.1, 0.15) is 0 Å². The van der Waals surface area contributed by atoms with Crippen molar-refractivity contribution in [2.45, 2.75) is 12.7 Å². The van der Waals surface area contributed by atoms with E-state index in [4.69, 9.17) is 5.73 Å². The van der Waals surface area contributed by atoms with Crippen molar-refractivity contribution < 1.29 is 18.0 Å². The van der Waals surface area contributed by atoms with Crippen LogP contribution in [0.2, 0.25) is 0 Å². The van der Waals surface area contributed by atoms with Gasteiger partial charge in [0.15, 0.2) is 0 Å². The number of nitrogens with zero attached hydrogens (tertiary/aromatic N) is 6. The highest BCUT2D eigenvalue weighted by Gasteiger charge is 2.33. The van der Waals surface area contributed by atoms with Gasteiger partial charge in [-0.2, -0.15) is 13.2 Å². The minimum absolute atomic E-state index is 0.0124. The summed E-state index contributed by atoms with van der Waals surface area (Å²) in [6.07, 6.45) is 3.84. The number of carbonyl (C=O) groups excluding carboxylic acids is 1. The number of nitrogens with one attached hydrogen (secondary N) is 1. The molecule has 34 heavy (non-hydrogen) atoms. The molecule has 9 nitrogen and oxygen atoms in total. The maximum absolute atomic E-state index is 13.6. The van der Waals surface area contributed by atoms with E-state index in [0.29, 0.717) is 11.1 Å². The predicted molar refractivity (Wildman–Crippen MR) is 115 cm³/mol. The second kappa shape index (κ2) is 9.37. The van der Waals surface area contributed by atoms with Crippen LogP contribution in [-0.4, -0.2) is 35.9 Å². The number of benzene rings is 1. The van der Waals surface area contributed by atoms with Crippen molar-refractivity contribution in [3.05, 3.63) is 89.3 Å². The zero-order chi connectivity index (χ0) is 24.1. The minimum atomic E-state index is -4.63. The number of nitrogen functional groups attached to an aromatic ring is 1. The van der Waals surface area contributed by atoms with Gasteiger partial charge in [-0.15, -0.1) is 5.10 Å². The van der Waals surface area contributed by atoms with Gasteiger partial charge in [-0.05, 0) is 23.8 Å². The summed E-state index contributed by atoms with van der Waals surface area (Å²) in [6, 6.07) is 5.02. The molecule has 0 bridgehead atoms. The maximum Gasteiger partial charge on any atom is 0.416 e. The molecule has 0 atom stereocenters. The molecule has 0 saturated heterocycles. The normalized spacial score (nSPS) is 10.9. The lowest BCUT2D eigenvalue weighted by Crippen LogP contribution is -2.16. The average molecular weight is 464 g/mol. The lowest BCUT2D eigenvalue weighted by atomic mass is 10.1. The van der Waals surface area contributed by atoms with E-state index >= 15 is 0 Å². The molecule has 0 fully saturated rings. The number of hydrogen-bond donors (Lipinski definition) is 2. The molecule has 0 unspecified atom stereocenters. The number of amides is 1. The molecule has 3 heterocycles. The van der Waals surface area contributed by atoms with Crippen molar-refractivity contribution in [1.82, 2.24) is 29.9 Å². The highest BCUT2D eigenvalue weighted by atomic mass is 19.4. The van der Waals surface area contributed by atoms with E-state index in [-0.39, 0.29) is 29.3 Å². The number of rotatable bonds is 4. The number of anilines is 2. The van der Waals surface area contributed by atoms with Gasteiger partial charge in [-0.25, -0.2) is 14.6 Å². The maximum atomic E-state index is 13.6. The summed E-state index contributed by atoms with van der Waals surface area (Å²) in [4.78, 5) is 24.3. The van der Waals surface area contributed by atoms with Gasteiger partial charge in [-0.3, -0.25) is 9.78 Å². The number of halogens is 3. The Kier molecular flexibility index (Phi) is 6.18. The molecule has 0 saturated carbocycles. The van der Waals surface area contributed by atoms with Crippen LogP contribution >= 0.6 is 0 Å². The van der Waals surface area contributed by atoms with Crippen LogP contribution in [0.1, 0.15) is 32.6 Å². The van der Waals surface area contributed by atoms with Crippen LogP contribution in [0.25, 0.3) is 0 Å². The zero-order valence-corrected chi connectivity index (χ0v) is 17.3. The molecule has 170 valence electrons. The lowest BCUT2D eigenvalue weighted by Gasteiger charge is -2.15. The summed E-state index contributed by atoms with van der Waals surface area (Å²) in [5.41, 5.74) is 5.57. The predicted octanol–water partition coefficient (Wildman–Crippen LogP) is 2.76. The molecule has 0 aliphatic heterocycles. The largest absolute Gasteiger partial charge is 0.416 e.